The summed E-state index contributed by atoms with van der Waals surface area (Å²) in [6.07, 6.45) is 7.52. The quantitative estimate of drug-likeness (QED) is 0.540. The zero-order valence-corrected chi connectivity index (χ0v) is 11.4. The summed E-state index contributed by atoms with van der Waals surface area (Å²) in [5.74, 6) is 0.871. The first-order valence-corrected chi connectivity index (χ1v) is 5.86. The van der Waals surface area contributed by atoms with Gasteiger partial charge in [-0.3, -0.25) is 4.99 Å². The summed E-state index contributed by atoms with van der Waals surface area (Å²) in [5, 5.41) is 0. The monoisotopic (exact) mass is 236 g/mol. The highest BCUT2D eigenvalue weighted by Gasteiger charge is 2.18. The van der Waals surface area contributed by atoms with Gasteiger partial charge in [-0.25, -0.2) is 0 Å². The average Bonchev–Trinajstić information content (AvgIpc) is 2.30. The Bertz CT molecular complexity index is 346. The lowest BCUT2D eigenvalue weighted by Crippen LogP contribution is -2.43. The van der Waals surface area contributed by atoms with E-state index in [0.717, 1.165) is 17.2 Å². The van der Waals surface area contributed by atoms with Crippen molar-refractivity contribution in [2.45, 2.75) is 33.9 Å². The van der Waals surface area contributed by atoms with Gasteiger partial charge in [-0.15, -0.1) is 0 Å². The van der Waals surface area contributed by atoms with Gasteiger partial charge in [0.2, 0.25) is 0 Å². The van der Waals surface area contributed by atoms with Crippen molar-refractivity contribution in [3.63, 3.8) is 0 Å². The molecule has 0 aromatic heterocycles. The largest absolute Gasteiger partial charge is 0.402 e. The second kappa shape index (κ2) is 7.68. The summed E-state index contributed by atoms with van der Waals surface area (Å²) < 4.78 is 0. The maximum Gasteiger partial charge on any atom is 0.102 e. The third-order valence-corrected chi connectivity index (χ3v) is 2.20. The lowest BCUT2D eigenvalue weighted by atomic mass is 10.2. The molecule has 96 valence electrons. The normalized spacial score (nSPS) is 20.7. The standard InChI is InChI=1S/C11H18N4.C2H6/c1-8(12)7-10-5-4-6-11(13)15(10)9(2)14-3;1-2/h4-7,11H,12-13H2,1-3H3;1-2H3/b8-7-,14-9?;. The molecule has 4 nitrogen and oxygen atoms in total. The van der Waals surface area contributed by atoms with E-state index < -0.39 is 0 Å². The van der Waals surface area contributed by atoms with Crippen LogP contribution in [0.2, 0.25) is 0 Å². The summed E-state index contributed by atoms with van der Waals surface area (Å²) in [5.41, 5.74) is 13.3. The van der Waals surface area contributed by atoms with Crippen molar-refractivity contribution >= 4 is 5.84 Å². The van der Waals surface area contributed by atoms with Gasteiger partial charge in [0.1, 0.15) is 12.0 Å². The Hall–Kier alpha value is -1.55. The molecule has 0 fully saturated rings. The van der Waals surface area contributed by atoms with E-state index in [4.69, 9.17) is 11.5 Å². The fraction of sp³-hybridized carbons (Fsp3) is 0.462. The van der Waals surface area contributed by atoms with E-state index in [9.17, 15) is 0 Å². The highest BCUT2D eigenvalue weighted by Crippen LogP contribution is 2.16. The first kappa shape index (κ1) is 15.4. The van der Waals surface area contributed by atoms with Gasteiger partial charge in [0.25, 0.3) is 0 Å². The third-order valence-electron chi connectivity index (χ3n) is 2.20. The van der Waals surface area contributed by atoms with Gasteiger partial charge in [0.05, 0.1) is 0 Å². The van der Waals surface area contributed by atoms with E-state index in [1.807, 2.05) is 56.9 Å². The van der Waals surface area contributed by atoms with Crippen LogP contribution in [0.1, 0.15) is 27.7 Å². The molecule has 0 aromatic carbocycles. The van der Waals surface area contributed by atoms with Crippen molar-refractivity contribution in [2.24, 2.45) is 16.5 Å². The molecule has 0 bridgehead atoms. The van der Waals surface area contributed by atoms with Crippen molar-refractivity contribution in [3.05, 3.63) is 35.7 Å². The van der Waals surface area contributed by atoms with Crippen LogP contribution in [0.3, 0.4) is 0 Å². The molecule has 1 aliphatic rings. The lowest BCUT2D eigenvalue weighted by molar-refractivity contribution is 0.447. The average molecular weight is 236 g/mol. The fourth-order valence-corrected chi connectivity index (χ4v) is 1.47. The second-order valence-corrected chi connectivity index (χ2v) is 3.50. The minimum atomic E-state index is -0.177. The molecule has 4 N–H and O–H groups in total. The zero-order chi connectivity index (χ0) is 13.4. The predicted molar refractivity (Wildman–Crippen MR) is 75.4 cm³/mol. The third kappa shape index (κ3) is 4.44. The molecule has 1 atom stereocenters. The molecule has 17 heavy (non-hydrogen) atoms. The molecular formula is C13H24N4. The Morgan fingerprint density at radius 2 is 2.00 bits per heavy atom. The molecular weight excluding hydrogens is 212 g/mol. The summed E-state index contributed by atoms with van der Waals surface area (Å²) in [6.45, 7) is 7.77. The highest BCUT2D eigenvalue weighted by atomic mass is 15.3. The number of allylic oxidation sites excluding steroid dienone is 4. The SMILES string of the molecule is CC.CN=C(C)N1C(/C=C(/C)N)=CC=CC1N. The van der Waals surface area contributed by atoms with E-state index >= 15 is 0 Å². The number of hydrogen-bond donors (Lipinski definition) is 2. The van der Waals surface area contributed by atoms with E-state index in [1.54, 1.807) is 7.05 Å². The van der Waals surface area contributed by atoms with E-state index in [1.165, 1.54) is 0 Å². The first-order chi connectivity index (χ1) is 8.06. The Kier molecular flexibility index (Phi) is 6.98. The van der Waals surface area contributed by atoms with Gasteiger partial charge in [-0.2, -0.15) is 0 Å². The van der Waals surface area contributed by atoms with E-state index in [0.29, 0.717) is 0 Å². The molecule has 0 aromatic rings. The molecule has 0 amide bonds. The van der Waals surface area contributed by atoms with Gasteiger partial charge >= 0.3 is 0 Å². The number of amidine groups is 1. The summed E-state index contributed by atoms with van der Waals surface area (Å²) in [7, 11) is 1.75. The first-order valence-electron chi connectivity index (χ1n) is 5.86. The van der Waals surface area contributed by atoms with Crippen molar-refractivity contribution in [1.82, 2.24) is 4.90 Å². The minimum absolute atomic E-state index is 0.177. The summed E-state index contributed by atoms with van der Waals surface area (Å²) >= 11 is 0. The number of aliphatic imine (C=N–C) groups is 1. The molecule has 4 heteroatoms. The van der Waals surface area contributed by atoms with Crippen LogP contribution >= 0.6 is 0 Å². The molecule has 0 saturated carbocycles. The molecule has 1 heterocycles. The number of hydrogen-bond acceptors (Lipinski definition) is 3. The molecule has 0 spiro atoms. The topological polar surface area (TPSA) is 67.6 Å². The Morgan fingerprint density at radius 1 is 1.41 bits per heavy atom. The number of nitrogens with two attached hydrogens (primary N) is 2. The van der Waals surface area contributed by atoms with Gasteiger partial charge < -0.3 is 16.4 Å². The summed E-state index contributed by atoms with van der Waals surface area (Å²) in [4.78, 5) is 6.08. The second-order valence-electron chi connectivity index (χ2n) is 3.50. The zero-order valence-electron chi connectivity index (χ0n) is 11.4. The van der Waals surface area contributed by atoms with Gasteiger partial charge in [0.15, 0.2) is 0 Å². The van der Waals surface area contributed by atoms with Crippen LogP contribution in [0.15, 0.2) is 40.7 Å². The maximum absolute atomic E-state index is 5.97. The molecule has 1 aliphatic heterocycles. The highest BCUT2D eigenvalue weighted by molar-refractivity contribution is 5.82. The van der Waals surface area contributed by atoms with Crippen LogP contribution in [0.4, 0.5) is 0 Å². The molecule has 1 rings (SSSR count). The Morgan fingerprint density at radius 3 is 2.47 bits per heavy atom. The predicted octanol–water partition coefficient (Wildman–Crippen LogP) is 1.96. The molecule has 0 saturated heterocycles. The van der Waals surface area contributed by atoms with E-state index in [-0.39, 0.29) is 6.17 Å². The Balaban J connectivity index is 0.00000121. The van der Waals surface area contributed by atoms with Gasteiger partial charge in [0, 0.05) is 18.4 Å². The van der Waals surface area contributed by atoms with Gasteiger partial charge in [-0.05, 0) is 32.1 Å². The molecule has 0 radical (unpaired) electrons. The van der Waals surface area contributed by atoms with Crippen LogP contribution < -0.4 is 11.5 Å². The van der Waals surface area contributed by atoms with Gasteiger partial charge in [-0.1, -0.05) is 19.9 Å². The minimum Gasteiger partial charge on any atom is -0.402 e. The fourth-order valence-electron chi connectivity index (χ4n) is 1.47. The van der Waals surface area contributed by atoms with Crippen molar-refractivity contribution in [3.8, 4) is 0 Å². The van der Waals surface area contributed by atoms with Crippen LogP contribution in [0, 0.1) is 0 Å². The lowest BCUT2D eigenvalue weighted by Gasteiger charge is -2.31. The number of rotatable bonds is 1. The van der Waals surface area contributed by atoms with Crippen LogP contribution in [-0.2, 0) is 0 Å². The van der Waals surface area contributed by atoms with Crippen LogP contribution in [0.5, 0.6) is 0 Å². The van der Waals surface area contributed by atoms with Crippen LogP contribution in [-0.4, -0.2) is 23.9 Å². The van der Waals surface area contributed by atoms with Crippen LogP contribution in [0.25, 0.3) is 0 Å². The molecule has 0 aliphatic carbocycles. The number of nitrogens with zero attached hydrogens (tertiary/aromatic N) is 2. The Labute approximate surface area is 104 Å². The van der Waals surface area contributed by atoms with Crippen molar-refractivity contribution in [2.75, 3.05) is 7.05 Å². The smallest absolute Gasteiger partial charge is 0.102 e. The van der Waals surface area contributed by atoms with Crippen molar-refractivity contribution in [1.29, 1.82) is 0 Å². The molecule has 1 unspecified atom stereocenters. The van der Waals surface area contributed by atoms with E-state index in [2.05, 4.69) is 4.99 Å². The van der Waals surface area contributed by atoms with Crippen molar-refractivity contribution < 1.29 is 0 Å². The maximum atomic E-state index is 5.97. The summed E-state index contributed by atoms with van der Waals surface area (Å²) in [6, 6.07) is 0.